The molecule has 0 bridgehead atoms. The maximum atomic E-state index is 12.7. The first-order chi connectivity index (χ1) is 24.4. The Hall–Kier alpha value is -1.80. The van der Waals surface area contributed by atoms with Crippen molar-refractivity contribution in [2.45, 2.75) is 174 Å². The number of hydrogen-bond acceptors (Lipinski definition) is 6. The predicted octanol–water partition coefficient (Wildman–Crippen LogP) is 10.7. The molecule has 0 fully saturated rings. The molecule has 0 aromatic rings. The van der Waals surface area contributed by atoms with Crippen LogP contribution in [0.15, 0.2) is 60.8 Å². The Bertz CT molecular complexity index is 965. The highest BCUT2D eigenvalue weighted by Gasteiger charge is 2.26. The number of carbonyl (C=O) groups is 1. The number of aliphatic hydroxyl groups excluding tert-OH is 1. The van der Waals surface area contributed by atoms with E-state index >= 15 is 0 Å². The zero-order valence-corrected chi connectivity index (χ0v) is 32.8. The fraction of sp³-hybridized carbons (Fsp3) is 0.732. The number of nitrogens with two attached hydrogens (primary N) is 1. The average molecular weight is 723 g/mol. The normalized spacial score (nSPS) is 14.9. The zero-order valence-electron chi connectivity index (χ0n) is 31.9. The lowest BCUT2D eigenvalue weighted by Crippen LogP contribution is -2.45. The van der Waals surface area contributed by atoms with E-state index in [2.05, 4.69) is 67.8 Å². The highest BCUT2D eigenvalue weighted by molar-refractivity contribution is 7.47. The minimum absolute atomic E-state index is 0.0714. The van der Waals surface area contributed by atoms with E-state index in [1.807, 2.05) is 6.08 Å². The van der Waals surface area contributed by atoms with Gasteiger partial charge in [0.2, 0.25) is 5.91 Å². The number of rotatable bonds is 36. The lowest BCUT2D eigenvalue weighted by molar-refractivity contribution is -0.123. The Morgan fingerprint density at radius 2 is 1.16 bits per heavy atom. The molecule has 9 heteroatoms. The highest BCUT2D eigenvalue weighted by Crippen LogP contribution is 2.43. The lowest BCUT2D eigenvalue weighted by Gasteiger charge is -2.23. The van der Waals surface area contributed by atoms with Crippen molar-refractivity contribution in [3.05, 3.63) is 60.8 Å². The molecule has 0 saturated carbocycles. The maximum Gasteiger partial charge on any atom is 0.472 e. The summed E-state index contributed by atoms with van der Waals surface area (Å²) in [4.78, 5) is 22.6. The quantitative estimate of drug-likeness (QED) is 0.0288. The fourth-order valence-electron chi connectivity index (χ4n) is 5.36. The van der Waals surface area contributed by atoms with Gasteiger partial charge >= 0.3 is 7.82 Å². The Morgan fingerprint density at radius 1 is 0.680 bits per heavy atom. The molecule has 3 unspecified atom stereocenters. The van der Waals surface area contributed by atoms with E-state index < -0.39 is 20.0 Å². The van der Waals surface area contributed by atoms with Crippen molar-refractivity contribution in [2.24, 2.45) is 5.73 Å². The second-order valence-electron chi connectivity index (χ2n) is 13.1. The molecule has 0 radical (unpaired) electrons. The van der Waals surface area contributed by atoms with Crippen molar-refractivity contribution < 1.29 is 28.4 Å². The van der Waals surface area contributed by atoms with Crippen molar-refractivity contribution in [3.8, 4) is 0 Å². The Labute approximate surface area is 306 Å². The molecule has 0 aliphatic heterocycles. The van der Waals surface area contributed by atoms with E-state index in [1.54, 1.807) is 6.08 Å². The number of hydrogen-bond donors (Lipinski definition) is 4. The largest absolute Gasteiger partial charge is 0.472 e. The van der Waals surface area contributed by atoms with Gasteiger partial charge in [-0.15, -0.1) is 0 Å². The van der Waals surface area contributed by atoms with Crippen LogP contribution in [0.1, 0.15) is 162 Å². The van der Waals surface area contributed by atoms with E-state index in [1.165, 1.54) is 64.2 Å². The van der Waals surface area contributed by atoms with E-state index in [0.717, 1.165) is 77.0 Å². The summed E-state index contributed by atoms with van der Waals surface area (Å²) in [6.45, 7) is 3.98. The second kappa shape index (κ2) is 37.0. The van der Waals surface area contributed by atoms with E-state index in [0.29, 0.717) is 6.42 Å². The van der Waals surface area contributed by atoms with Crippen LogP contribution in [0.3, 0.4) is 0 Å². The number of phosphoric acid groups is 1. The minimum Gasteiger partial charge on any atom is -0.387 e. The monoisotopic (exact) mass is 723 g/mol. The summed E-state index contributed by atoms with van der Waals surface area (Å²) in [7, 11) is -4.34. The van der Waals surface area contributed by atoms with Gasteiger partial charge in [0.05, 0.1) is 25.4 Å². The van der Waals surface area contributed by atoms with Crippen molar-refractivity contribution in [1.82, 2.24) is 5.32 Å². The molecule has 8 nitrogen and oxygen atoms in total. The van der Waals surface area contributed by atoms with Crippen LogP contribution in [0.4, 0.5) is 0 Å². The average Bonchev–Trinajstić information content (AvgIpc) is 3.10. The molecule has 3 atom stereocenters. The molecule has 0 spiro atoms. The minimum atomic E-state index is -4.34. The standard InChI is InChI=1S/C41H75N2O6P/c1-3-5-7-9-11-13-15-17-19-20-21-23-25-27-29-31-33-35-41(45)43-39(38-49-50(46,47)48-37-36-42)40(44)34-32-30-28-26-24-22-18-16-14-12-10-8-6-4-2/h5,7,11,13,17,19,21,23,32,34,39-40,44H,3-4,6,8-10,12,14-16,18,20,22,24-31,33,35-38,42H2,1-2H3,(H,43,45)(H,46,47)/b7-5-,13-11-,19-17-,23-21-,34-32+. The zero-order chi connectivity index (χ0) is 36.8. The van der Waals surface area contributed by atoms with Gasteiger partial charge in [-0.2, -0.15) is 0 Å². The topological polar surface area (TPSA) is 131 Å². The third-order valence-electron chi connectivity index (χ3n) is 8.35. The summed E-state index contributed by atoms with van der Waals surface area (Å²) >= 11 is 0. The van der Waals surface area contributed by atoms with E-state index in [4.69, 9.17) is 14.8 Å². The van der Waals surface area contributed by atoms with Crippen molar-refractivity contribution in [3.63, 3.8) is 0 Å². The number of unbranched alkanes of at least 4 members (excludes halogenated alkanes) is 16. The summed E-state index contributed by atoms with van der Waals surface area (Å²) < 4.78 is 22.1. The van der Waals surface area contributed by atoms with Crippen LogP contribution in [-0.2, 0) is 18.4 Å². The number of phosphoric ester groups is 1. The van der Waals surface area contributed by atoms with Gasteiger partial charge in [-0.25, -0.2) is 4.57 Å². The van der Waals surface area contributed by atoms with Crippen molar-refractivity contribution in [2.75, 3.05) is 19.8 Å². The smallest absolute Gasteiger partial charge is 0.387 e. The summed E-state index contributed by atoms with van der Waals surface area (Å²) in [5.41, 5.74) is 5.36. The van der Waals surface area contributed by atoms with Gasteiger partial charge in [0.1, 0.15) is 0 Å². The van der Waals surface area contributed by atoms with Crippen LogP contribution < -0.4 is 11.1 Å². The molecule has 0 aliphatic carbocycles. The molecule has 0 aromatic carbocycles. The Morgan fingerprint density at radius 3 is 1.70 bits per heavy atom. The Balaban J connectivity index is 4.35. The first-order valence-electron chi connectivity index (χ1n) is 19.9. The molecule has 0 heterocycles. The molecule has 1 amide bonds. The first kappa shape index (κ1) is 48.2. The SMILES string of the molecule is CC/C=C\C/C=C\C/C=C\C/C=C\CCCCCCC(=O)NC(COP(=O)(O)OCCN)C(O)/C=C/CCCCCCCCCCCCCC. The number of carbonyl (C=O) groups excluding carboxylic acids is 1. The highest BCUT2D eigenvalue weighted by atomic mass is 31.2. The predicted molar refractivity (Wildman–Crippen MR) is 212 cm³/mol. The Kier molecular flexibility index (Phi) is 35.6. The molecular formula is C41H75N2O6P. The fourth-order valence-corrected chi connectivity index (χ4v) is 6.12. The third kappa shape index (κ3) is 34.6. The molecule has 5 N–H and O–H groups in total. The summed E-state index contributed by atoms with van der Waals surface area (Å²) in [5, 5.41) is 13.6. The molecule has 290 valence electrons. The molecule has 0 aliphatic rings. The van der Waals surface area contributed by atoms with Crippen LogP contribution in [0.25, 0.3) is 0 Å². The van der Waals surface area contributed by atoms with Crippen LogP contribution in [0.5, 0.6) is 0 Å². The van der Waals surface area contributed by atoms with Crippen LogP contribution in [0, 0.1) is 0 Å². The summed E-state index contributed by atoms with van der Waals surface area (Å²) in [6.07, 6.45) is 45.5. The van der Waals surface area contributed by atoms with Gasteiger partial charge in [0.25, 0.3) is 0 Å². The van der Waals surface area contributed by atoms with Gasteiger partial charge in [0.15, 0.2) is 0 Å². The maximum absolute atomic E-state index is 12.7. The van der Waals surface area contributed by atoms with Gasteiger partial charge < -0.3 is 21.1 Å². The third-order valence-corrected chi connectivity index (χ3v) is 9.33. The molecule has 0 rings (SSSR count). The van der Waals surface area contributed by atoms with E-state index in [9.17, 15) is 19.4 Å². The molecule has 0 saturated heterocycles. The summed E-state index contributed by atoms with van der Waals surface area (Å²) in [5.74, 6) is -0.221. The number of aliphatic hydroxyl groups is 1. The first-order valence-corrected chi connectivity index (χ1v) is 21.4. The second-order valence-corrected chi connectivity index (χ2v) is 14.6. The summed E-state index contributed by atoms with van der Waals surface area (Å²) in [6, 6.07) is -0.874. The van der Waals surface area contributed by atoms with Gasteiger partial charge in [-0.05, 0) is 57.8 Å². The number of amides is 1. The van der Waals surface area contributed by atoms with Crippen LogP contribution in [-0.4, -0.2) is 47.8 Å². The van der Waals surface area contributed by atoms with Crippen LogP contribution >= 0.6 is 7.82 Å². The van der Waals surface area contributed by atoms with E-state index in [-0.39, 0.29) is 25.7 Å². The molecular weight excluding hydrogens is 647 g/mol. The van der Waals surface area contributed by atoms with Gasteiger partial charge in [-0.3, -0.25) is 13.8 Å². The van der Waals surface area contributed by atoms with Gasteiger partial charge in [0, 0.05) is 13.0 Å². The van der Waals surface area contributed by atoms with Crippen LogP contribution in [0.2, 0.25) is 0 Å². The lowest BCUT2D eigenvalue weighted by atomic mass is 10.0. The number of allylic oxidation sites excluding steroid dienone is 9. The number of nitrogens with one attached hydrogen (secondary N) is 1. The van der Waals surface area contributed by atoms with Crippen molar-refractivity contribution in [1.29, 1.82) is 0 Å². The van der Waals surface area contributed by atoms with Gasteiger partial charge in [-0.1, -0.05) is 158 Å². The molecule has 50 heavy (non-hydrogen) atoms. The van der Waals surface area contributed by atoms with Crippen molar-refractivity contribution >= 4 is 13.7 Å². The molecule has 0 aromatic heterocycles.